The molecule has 3 aromatic rings. The fourth-order valence-corrected chi connectivity index (χ4v) is 4.53. The van der Waals surface area contributed by atoms with Crippen LogP contribution in [0.15, 0.2) is 71.9 Å². The number of carbonyl (C=O) groups is 2. The predicted octanol–water partition coefficient (Wildman–Crippen LogP) is 5.36. The number of carbonyl (C=O) groups excluding carboxylic acids is 2. The van der Waals surface area contributed by atoms with Gasteiger partial charge in [-0.2, -0.15) is 0 Å². The van der Waals surface area contributed by atoms with Crippen LogP contribution in [0.2, 0.25) is 0 Å². The molecule has 0 N–H and O–H groups in total. The van der Waals surface area contributed by atoms with Crippen molar-refractivity contribution in [2.24, 2.45) is 10.9 Å². The molecular weight excluding hydrogens is 408 g/mol. The Morgan fingerprint density at radius 3 is 2.42 bits per heavy atom. The molecule has 1 aromatic heterocycles. The minimum Gasteiger partial charge on any atom is -0.466 e. The second-order valence-corrected chi connectivity index (χ2v) is 8.13. The average molecular weight is 433 g/mol. The molecule has 4 rings (SSSR count). The molecule has 5 nitrogen and oxygen atoms in total. The van der Waals surface area contributed by atoms with E-state index in [0.717, 1.165) is 16.7 Å². The molecule has 0 bridgehead atoms. The Hall–Kier alpha value is -3.12. The standard InChI is InChI=1S/C25H24N2O3S/c1-3-30-21(28)14-19-24(29)23-22(26-25(19)31-2)20(18-12-8-5-9-13-18)16-27(23)15-17-10-6-4-7-11-17/h4-13,16,19H,3,14-15H2,1-2H3. The SMILES string of the molecule is CCOC(=O)CC1C(=O)c2c(c(-c3ccccc3)cn2Cc2ccccc2)N=C1SC. The van der Waals surface area contributed by atoms with Crippen LogP contribution in [0.3, 0.4) is 0 Å². The second-order valence-electron chi connectivity index (χ2n) is 7.30. The van der Waals surface area contributed by atoms with E-state index >= 15 is 0 Å². The van der Waals surface area contributed by atoms with Gasteiger partial charge in [0, 0.05) is 18.3 Å². The zero-order valence-electron chi connectivity index (χ0n) is 17.6. The van der Waals surface area contributed by atoms with Gasteiger partial charge in [0.2, 0.25) is 0 Å². The molecule has 1 aliphatic heterocycles. The minimum atomic E-state index is -0.616. The van der Waals surface area contributed by atoms with Crippen molar-refractivity contribution < 1.29 is 14.3 Å². The average Bonchev–Trinajstić information content (AvgIpc) is 3.15. The topological polar surface area (TPSA) is 60.7 Å². The van der Waals surface area contributed by atoms with Crippen molar-refractivity contribution in [2.45, 2.75) is 19.9 Å². The number of thioether (sulfide) groups is 1. The highest BCUT2D eigenvalue weighted by molar-refractivity contribution is 8.13. The van der Waals surface area contributed by atoms with E-state index < -0.39 is 5.92 Å². The van der Waals surface area contributed by atoms with Crippen molar-refractivity contribution >= 4 is 34.2 Å². The quantitative estimate of drug-likeness (QED) is 0.492. The molecule has 0 spiro atoms. The predicted molar refractivity (Wildman–Crippen MR) is 125 cm³/mol. The summed E-state index contributed by atoms with van der Waals surface area (Å²) >= 11 is 1.41. The number of fused-ring (bicyclic) bond motifs is 1. The Kier molecular flexibility index (Phi) is 6.37. The van der Waals surface area contributed by atoms with Crippen molar-refractivity contribution in [1.29, 1.82) is 0 Å². The van der Waals surface area contributed by atoms with Gasteiger partial charge in [-0.05, 0) is 24.3 Å². The lowest BCUT2D eigenvalue weighted by Crippen LogP contribution is -2.30. The van der Waals surface area contributed by atoms with Crippen LogP contribution in [0.1, 0.15) is 29.4 Å². The van der Waals surface area contributed by atoms with E-state index in [2.05, 4.69) is 0 Å². The number of hydrogen-bond acceptors (Lipinski definition) is 5. The molecule has 158 valence electrons. The highest BCUT2D eigenvalue weighted by Gasteiger charge is 2.37. The van der Waals surface area contributed by atoms with Crippen LogP contribution in [0.5, 0.6) is 0 Å². The third kappa shape index (κ3) is 4.35. The first-order valence-corrected chi connectivity index (χ1v) is 11.5. The lowest BCUT2D eigenvalue weighted by atomic mass is 9.94. The largest absolute Gasteiger partial charge is 0.466 e. The van der Waals surface area contributed by atoms with E-state index in [1.54, 1.807) is 6.92 Å². The number of rotatable bonds is 6. The fourth-order valence-electron chi connectivity index (χ4n) is 3.87. The monoisotopic (exact) mass is 432 g/mol. The fraction of sp³-hybridized carbons (Fsp3) is 0.240. The summed E-state index contributed by atoms with van der Waals surface area (Å²) in [6.45, 7) is 2.61. The number of aliphatic imine (C=N–C) groups is 1. The third-order valence-corrected chi connectivity index (χ3v) is 6.08. The maximum absolute atomic E-state index is 13.7. The Balaban J connectivity index is 1.83. The minimum absolute atomic E-state index is 0.00295. The van der Waals surface area contributed by atoms with Crippen LogP contribution < -0.4 is 0 Å². The molecule has 0 saturated carbocycles. The third-order valence-electron chi connectivity index (χ3n) is 5.29. The van der Waals surface area contributed by atoms with Gasteiger partial charge in [0.05, 0.1) is 24.0 Å². The van der Waals surface area contributed by atoms with E-state index in [1.807, 2.05) is 77.7 Å². The molecule has 0 amide bonds. The Morgan fingerprint density at radius 1 is 1.10 bits per heavy atom. The van der Waals surface area contributed by atoms with Crippen molar-refractivity contribution in [3.8, 4) is 11.1 Å². The smallest absolute Gasteiger partial charge is 0.306 e. The van der Waals surface area contributed by atoms with E-state index in [0.29, 0.717) is 29.6 Å². The van der Waals surface area contributed by atoms with E-state index in [-0.39, 0.29) is 18.2 Å². The first-order chi connectivity index (χ1) is 15.1. The molecule has 1 unspecified atom stereocenters. The molecule has 0 radical (unpaired) electrons. The van der Waals surface area contributed by atoms with E-state index in [1.165, 1.54) is 11.8 Å². The maximum Gasteiger partial charge on any atom is 0.306 e. The molecule has 6 heteroatoms. The van der Waals surface area contributed by atoms with Gasteiger partial charge in [-0.15, -0.1) is 11.8 Å². The van der Waals surface area contributed by atoms with Gasteiger partial charge in [0.1, 0.15) is 11.4 Å². The molecule has 0 aliphatic carbocycles. The lowest BCUT2D eigenvalue weighted by molar-refractivity contribution is -0.143. The molecule has 1 atom stereocenters. The summed E-state index contributed by atoms with van der Waals surface area (Å²) in [7, 11) is 0. The first kappa shape index (κ1) is 21.1. The van der Waals surface area contributed by atoms with Crippen molar-refractivity contribution in [2.75, 3.05) is 12.9 Å². The van der Waals surface area contributed by atoms with Crippen molar-refractivity contribution in [1.82, 2.24) is 4.57 Å². The van der Waals surface area contributed by atoms with Crippen molar-refractivity contribution in [3.63, 3.8) is 0 Å². The normalized spacial score (nSPS) is 15.4. The van der Waals surface area contributed by atoms with Crippen LogP contribution >= 0.6 is 11.8 Å². The zero-order valence-corrected chi connectivity index (χ0v) is 18.4. The summed E-state index contributed by atoms with van der Waals surface area (Å²) in [5.74, 6) is -1.08. The summed E-state index contributed by atoms with van der Waals surface area (Å²) < 4.78 is 7.08. The number of ether oxygens (including phenoxy) is 1. The van der Waals surface area contributed by atoms with Crippen LogP contribution in [-0.4, -0.2) is 34.2 Å². The van der Waals surface area contributed by atoms with Crippen LogP contribution in [-0.2, 0) is 16.1 Å². The van der Waals surface area contributed by atoms with Crippen LogP contribution in [0, 0.1) is 5.92 Å². The van der Waals surface area contributed by atoms with Crippen LogP contribution in [0.4, 0.5) is 5.69 Å². The van der Waals surface area contributed by atoms with E-state index in [9.17, 15) is 9.59 Å². The Morgan fingerprint density at radius 2 is 1.77 bits per heavy atom. The van der Waals surface area contributed by atoms with Crippen LogP contribution in [0.25, 0.3) is 11.1 Å². The van der Waals surface area contributed by atoms with Crippen molar-refractivity contribution in [3.05, 3.63) is 78.1 Å². The van der Waals surface area contributed by atoms with Gasteiger partial charge < -0.3 is 9.30 Å². The number of ketones is 1. The zero-order chi connectivity index (χ0) is 21.8. The summed E-state index contributed by atoms with van der Waals surface area (Å²) in [5.41, 5.74) is 4.24. The van der Waals surface area contributed by atoms with Gasteiger partial charge in [-0.3, -0.25) is 9.59 Å². The number of nitrogens with zero attached hydrogens (tertiary/aromatic N) is 2. The van der Waals surface area contributed by atoms with Gasteiger partial charge in [-0.1, -0.05) is 60.7 Å². The molecule has 2 heterocycles. The number of benzene rings is 2. The maximum atomic E-state index is 13.7. The Labute approximate surface area is 186 Å². The summed E-state index contributed by atoms with van der Waals surface area (Å²) in [6.07, 6.45) is 3.89. The second kappa shape index (κ2) is 9.35. The molecular formula is C25H24N2O3S. The van der Waals surface area contributed by atoms with Gasteiger partial charge >= 0.3 is 5.97 Å². The lowest BCUT2D eigenvalue weighted by Gasteiger charge is -2.22. The summed E-state index contributed by atoms with van der Waals surface area (Å²) in [5, 5.41) is 0.653. The first-order valence-electron chi connectivity index (χ1n) is 10.3. The highest BCUT2D eigenvalue weighted by Crippen LogP contribution is 2.42. The van der Waals surface area contributed by atoms with Gasteiger partial charge in [-0.25, -0.2) is 4.99 Å². The Bertz CT molecular complexity index is 1120. The molecule has 1 aliphatic rings. The number of aromatic nitrogens is 1. The van der Waals surface area contributed by atoms with Gasteiger partial charge in [0.15, 0.2) is 5.78 Å². The highest BCUT2D eigenvalue weighted by atomic mass is 32.2. The summed E-state index contributed by atoms with van der Waals surface area (Å²) in [6, 6.07) is 20.0. The molecule has 31 heavy (non-hydrogen) atoms. The number of Topliss-reactive ketones (excluding diaryl/α,β-unsaturated/α-hetero) is 1. The molecule has 0 saturated heterocycles. The molecule has 2 aromatic carbocycles. The summed E-state index contributed by atoms with van der Waals surface area (Å²) in [4.78, 5) is 30.7. The number of esters is 1. The molecule has 0 fully saturated rings. The van der Waals surface area contributed by atoms with Gasteiger partial charge in [0.25, 0.3) is 0 Å². The van der Waals surface area contributed by atoms with E-state index in [4.69, 9.17) is 9.73 Å². The number of hydrogen-bond donors (Lipinski definition) is 0.